The van der Waals surface area contributed by atoms with Crippen LogP contribution in [0.4, 0.5) is 0 Å². The zero-order chi connectivity index (χ0) is 15.0. The summed E-state index contributed by atoms with van der Waals surface area (Å²) in [5, 5.41) is 4.58. The average molecular weight is 359 g/mol. The van der Waals surface area contributed by atoms with Crippen molar-refractivity contribution in [2.45, 2.75) is 18.4 Å². The van der Waals surface area contributed by atoms with Gasteiger partial charge in [0, 0.05) is 12.0 Å². The van der Waals surface area contributed by atoms with Gasteiger partial charge >= 0.3 is 0 Å². The molecule has 0 radical (unpaired) electrons. The van der Waals surface area contributed by atoms with E-state index >= 15 is 0 Å². The first-order valence-electron chi connectivity index (χ1n) is 6.94. The molecule has 1 N–H and O–H groups in total. The lowest BCUT2D eigenvalue weighted by Gasteiger charge is -2.14. The van der Waals surface area contributed by atoms with Crippen molar-refractivity contribution in [3.8, 4) is 5.75 Å². The van der Waals surface area contributed by atoms with E-state index in [9.17, 15) is 0 Å². The fraction of sp³-hybridized carbons (Fsp3) is 0.294. The molecule has 0 amide bonds. The van der Waals surface area contributed by atoms with Gasteiger partial charge in [-0.3, -0.25) is 0 Å². The number of benzene rings is 2. The Labute approximate surface area is 147 Å². The highest BCUT2D eigenvalue weighted by atomic mass is 35.5. The van der Waals surface area contributed by atoms with Gasteiger partial charge in [-0.05, 0) is 54.4 Å². The average Bonchev–Trinajstić information content (AvgIpc) is 2.87. The van der Waals surface area contributed by atoms with Crippen LogP contribution >= 0.6 is 35.6 Å². The van der Waals surface area contributed by atoms with Crippen LogP contribution in [-0.2, 0) is 0 Å². The maximum atomic E-state index is 6.18. The normalized spacial score (nSPS) is 19.5. The number of nitrogens with one attached hydrogen (secondary N) is 1. The van der Waals surface area contributed by atoms with Crippen LogP contribution in [0.2, 0.25) is 10.0 Å². The van der Waals surface area contributed by atoms with Gasteiger partial charge in [-0.2, -0.15) is 0 Å². The smallest absolute Gasteiger partial charge is 0.119 e. The van der Waals surface area contributed by atoms with E-state index in [4.69, 9.17) is 27.9 Å². The third kappa shape index (κ3) is 3.07. The van der Waals surface area contributed by atoms with Crippen LogP contribution in [0.5, 0.6) is 5.75 Å². The van der Waals surface area contributed by atoms with Crippen molar-refractivity contribution in [2.75, 3.05) is 14.2 Å². The van der Waals surface area contributed by atoms with E-state index in [-0.39, 0.29) is 12.4 Å². The third-order valence-corrected chi connectivity index (χ3v) is 4.95. The lowest BCUT2D eigenvalue weighted by atomic mass is 9.93. The van der Waals surface area contributed by atoms with Crippen LogP contribution in [0, 0.1) is 0 Å². The highest BCUT2D eigenvalue weighted by molar-refractivity contribution is 6.42. The molecule has 2 nitrogen and oxygen atoms in total. The van der Waals surface area contributed by atoms with E-state index in [0.29, 0.717) is 22.0 Å². The Morgan fingerprint density at radius 3 is 2.45 bits per heavy atom. The molecule has 0 aromatic heterocycles. The molecule has 2 atom stereocenters. The van der Waals surface area contributed by atoms with Gasteiger partial charge in [-0.25, -0.2) is 0 Å². The molecule has 0 heterocycles. The molecule has 1 aliphatic rings. The summed E-state index contributed by atoms with van der Waals surface area (Å²) >= 11 is 12.2. The van der Waals surface area contributed by atoms with Crippen LogP contribution in [0.15, 0.2) is 36.4 Å². The highest BCUT2D eigenvalue weighted by Gasteiger charge is 2.31. The zero-order valence-electron chi connectivity index (χ0n) is 12.4. The molecule has 22 heavy (non-hydrogen) atoms. The molecule has 2 aromatic carbocycles. The van der Waals surface area contributed by atoms with Crippen molar-refractivity contribution in [1.29, 1.82) is 0 Å². The summed E-state index contributed by atoms with van der Waals surface area (Å²) in [5.41, 5.74) is 3.82. The zero-order valence-corrected chi connectivity index (χ0v) is 14.7. The molecule has 0 aliphatic heterocycles. The minimum absolute atomic E-state index is 0. The van der Waals surface area contributed by atoms with Crippen molar-refractivity contribution in [3.05, 3.63) is 63.1 Å². The third-order valence-electron chi connectivity index (χ3n) is 4.21. The molecule has 0 saturated heterocycles. The Bertz CT molecular complexity index is 675. The fourth-order valence-corrected chi connectivity index (χ4v) is 3.41. The molecule has 1 unspecified atom stereocenters. The number of ether oxygens (including phenoxy) is 1. The van der Waals surface area contributed by atoms with Gasteiger partial charge in [-0.15, -0.1) is 12.4 Å². The van der Waals surface area contributed by atoms with Gasteiger partial charge < -0.3 is 10.1 Å². The van der Waals surface area contributed by atoms with E-state index < -0.39 is 0 Å². The summed E-state index contributed by atoms with van der Waals surface area (Å²) in [5.74, 6) is 1.19. The molecule has 1 aliphatic carbocycles. The maximum absolute atomic E-state index is 6.18. The Balaban J connectivity index is 0.00000176. The monoisotopic (exact) mass is 357 g/mol. The second-order valence-corrected chi connectivity index (χ2v) is 6.11. The number of halogens is 3. The molecular weight excluding hydrogens is 341 g/mol. The summed E-state index contributed by atoms with van der Waals surface area (Å²) in [6, 6.07) is 12.5. The molecule has 2 aromatic rings. The summed E-state index contributed by atoms with van der Waals surface area (Å²) in [6.07, 6.45) is 1.01. The van der Waals surface area contributed by atoms with Crippen molar-refractivity contribution >= 4 is 35.6 Å². The van der Waals surface area contributed by atoms with E-state index in [1.54, 1.807) is 7.11 Å². The Morgan fingerprint density at radius 2 is 1.82 bits per heavy atom. The molecule has 5 heteroatoms. The minimum atomic E-state index is 0. The molecule has 0 spiro atoms. The van der Waals surface area contributed by atoms with E-state index in [0.717, 1.165) is 12.2 Å². The van der Waals surface area contributed by atoms with E-state index in [1.807, 2.05) is 25.2 Å². The highest BCUT2D eigenvalue weighted by Crippen LogP contribution is 2.45. The lowest BCUT2D eigenvalue weighted by Crippen LogP contribution is -2.13. The SMILES string of the molecule is CN[C@@H]1CC(c2ccc(Cl)c(Cl)c2)c2cc(OC)ccc21.Cl. The first kappa shape index (κ1) is 17.4. The summed E-state index contributed by atoms with van der Waals surface area (Å²) < 4.78 is 5.37. The molecular formula is C17H18Cl3NO. The van der Waals surface area contributed by atoms with Gasteiger partial charge in [0.1, 0.15) is 5.75 Å². The predicted molar refractivity (Wildman–Crippen MR) is 95.0 cm³/mol. The van der Waals surface area contributed by atoms with Crippen LogP contribution in [0.1, 0.15) is 35.1 Å². The largest absolute Gasteiger partial charge is 0.497 e. The Hall–Kier alpha value is -0.930. The standard InChI is InChI=1S/C17H17Cl2NO.ClH/c1-20-17-9-13(10-3-6-15(18)16(19)7-10)14-8-11(21-2)4-5-12(14)17;/h3-8,13,17,20H,9H2,1-2H3;1H/t13?,17-;/m1./s1. The van der Waals surface area contributed by atoms with Gasteiger partial charge in [0.05, 0.1) is 17.2 Å². The quantitative estimate of drug-likeness (QED) is 0.812. The second-order valence-electron chi connectivity index (χ2n) is 5.30. The maximum Gasteiger partial charge on any atom is 0.119 e. The van der Waals surface area contributed by atoms with Crippen molar-refractivity contribution in [2.24, 2.45) is 0 Å². The van der Waals surface area contributed by atoms with Crippen molar-refractivity contribution < 1.29 is 4.74 Å². The molecule has 0 saturated carbocycles. The predicted octanol–water partition coefficient (Wildman–Crippen LogP) is 5.22. The number of rotatable bonds is 3. The Kier molecular flexibility index (Phi) is 5.62. The van der Waals surface area contributed by atoms with Gasteiger partial charge in [0.25, 0.3) is 0 Å². The van der Waals surface area contributed by atoms with E-state index in [1.165, 1.54) is 16.7 Å². The van der Waals surface area contributed by atoms with E-state index in [2.05, 4.69) is 23.5 Å². The lowest BCUT2D eigenvalue weighted by molar-refractivity contribution is 0.414. The summed E-state index contributed by atoms with van der Waals surface area (Å²) in [7, 11) is 3.69. The summed E-state index contributed by atoms with van der Waals surface area (Å²) in [6.45, 7) is 0. The van der Waals surface area contributed by atoms with Crippen LogP contribution in [0.3, 0.4) is 0 Å². The number of fused-ring (bicyclic) bond motifs is 1. The van der Waals surface area contributed by atoms with Crippen molar-refractivity contribution in [3.63, 3.8) is 0 Å². The number of hydrogen-bond acceptors (Lipinski definition) is 2. The van der Waals surface area contributed by atoms with Crippen molar-refractivity contribution in [1.82, 2.24) is 5.32 Å². The summed E-state index contributed by atoms with van der Waals surface area (Å²) in [4.78, 5) is 0. The van der Waals surface area contributed by atoms with Crippen LogP contribution < -0.4 is 10.1 Å². The topological polar surface area (TPSA) is 21.3 Å². The molecule has 0 fully saturated rings. The first-order chi connectivity index (χ1) is 10.1. The number of methoxy groups -OCH3 is 1. The van der Waals surface area contributed by atoms with Gasteiger partial charge in [0.2, 0.25) is 0 Å². The van der Waals surface area contributed by atoms with Gasteiger partial charge in [0.15, 0.2) is 0 Å². The minimum Gasteiger partial charge on any atom is -0.497 e. The molecule has 118 valence electrons. The second kappa shape index (κ2) is 7.10. The molecule has 3 rings (SSSR count). The van der Waals surface area contributed by atoms with Crippen LogP contribution in [-0.4, -0.2) is 14.2 Å². The van der Waals surface area contributed by atoms with Gasteiger partial charge in [-0.1, -0.05) is 35.3 Å². The van der Waals surface area contributed by atoms with Crippen LogP contribution in [0.25, 0.3) is 0 Å². The fourth-order valence-electron chi connectivity index (χ4n) is 3.11. The number of hydrogen-bond donors (Lipinski definition) is 1. The molecule has 0 bridgehead atoms. The first-order valence-corrected chi connectivity index (χ1v) is 7.69. The Morgan fingerprint density at radius 1 is 1.05 bits per heavy atom.